The van der Waals surface area contributed by atoms with E-state index in [2.05, 4.69) is 10.1 Å². The van der Waals surface area contributed by atoms with Crippen LogP contribution < -0.4 is 4.74 Å². The van der Waals surface area contributed by atoms with Gasteiger partial charge in [0.15, 0.2) is 6.23 Å². The van der Waals surface area contributed by atoms with Crippen molar-refractivity contribution in [2.24, 2.45) is 4.99 Å². The molecule has 0 spiro atoms. The molecule has 0 N–H and O–H groups in total. The van der Waals surface area contributed by atoms with Crippen LogP contribution >= 0.6 is 0 Å². The minimum Gasteiger partial charge on any atom is -0.491 e. The summed E-state index contributed by atoms with van der Waals surface area (Å²) in [5, 5.41) is 5.29. The first-order valence-electron chi connectivity index (χ1n) is 15.2. The van der Waals surface area contributed by atoms with E-state index < -0.39 is 47.5 Å². The van der Waals surface area contributed by atoms with Gasteiger partial charge in [-0.3, -0.25) is 4.90 Å². The Morgan fingerprint density at radius 1 is 1.11 bits per heavy atom. The number of rotatable bonds is 7. The molecule has 3 aromatic rings. The van der Waals surface area contributed by atoms with Gasteiger partial charge < -0.3 is 9.47 Å². The van der Waals surface area contributed by atoms with Crippen LogP contribution in [-0.4, -0.2) is 58.3 Å². The van der Waals surface area contributed by atoms with E-state index in [1.807, 2.05) is 0 Å². The highest BCUT2D eigenvalue weighted by molar-refractivity contribution is 5.84. The standard InChI is InChI=1S/C32H35F5N4O3/c1-20-13-23-22(8-9-27-24(23)16-39-41(27)28-7-3-6-12-43-28)30(40(20)17-32(35,36)37)29-25(33)14-21(15-26(29)34)44-18-31(38-19-42)10-4-2-5-11-31/h8-9,14-16,20,28,30H,2-7,10-13,17-18H2,1H3/t20-,28?,30+/m1/s1. The Hall–Kier alpha value is -3.34. The van der Waals surface area contributed by atoms with Crippen LogP contribution in [0.2, 0.25) is 0 Å². The number of carbonyl (C=O) groups excluding carboxylic acids is 1. The molecule has 3 heterocycles. The number of fused-ring (bicyclic) bond motifs is 3. The molecule has 1 aliphatic carbocycles. The SMILES string of the molecule is C[C@@H]1Cc2c(ccc3c2cnn3C2CCCCO2)[C@@H](c2c(F)cc(OCC3(N=C=O)CCCCC3)cc2F)N1CC(F)(F)F. The van der Waals surface area contributed by atoms with Crippen molar-refractivity contribution in [1.29, 1.82) is 0 Å². The van der Waals surface area contributed by atoms with Crippen LogP contribution in [0.3, 0.4) is 0 Å². The second kappa shape index (κ2) is 12.2. The Labute approximate surface area is 252 Å². The molecule has 1 aromatic heterocycles. The van der Waals surface area contributed by atoms with Crippen molar-refractivity contribution in [3.05, 3.63) is 58.8 Å². The molecule has 7 nitrogen and oxygen atoms in total. The number of halogens is 5. The van der Waals surface area contributed by atoms with Gasteiger partial charge in [-0.15, -0.1) is 0 Å². The van der Waals surface area contributed by atoms with E-state index in [0.29, 0.717) is 30.6 Å². The van der Waals surface area contributed by atoms with Gasteiger partial charge in [-0.2, -0.15) is 23.3 Å². The highest BCUT2D eigenvalue weighted by atomic mass is 19.4. The number of hydrogen-bond donors (Lipinski definition) is 0. The summed E-state index contributed by atoms with van der Waals surface area (Å²) in [5.74, 6) is -2.15. The third-order valence-corrected chi connectivity index (χ3v) is 9.31. The zero-order valence-electron chi connectivity index (χ0n) is 24.5. The fourth-order valence-electron chi connectivity index (χ4n) is 7.16. The van der Waals surface area contributed by atoms with E-state index in [-0.39, 0.29) is 25.0 Å². The molecule has 2 fully saturated rings. The number of alkyl halides is 3. The van der Waals surface area contributed by atoms with E-state index >= 15 is 8.78 Å². The van der Waals surface area contributed by atoms with Crippen LogP contribution in [0.5, 0.6) is 5.75 Å². The highest BCUT2D eigenvalue weighted by Gasteiger charge is 2.43. The summed E-state index contributed by atoms with van der Waals surface area (Å²) < 4.78 is 87.0. The van der Waals surface area contributed by atoms with Gasteiger partial charge in [0.2, 0.25) is 6.08 Å². The Kier molecular flexibility index (Phi) is 8.52. The topological polar surface area (TPSA) is 69.0 Å². The average Bonchev–Trinajstić information content (AvgIpc) is 3.43. The van der Waals surface area contributed by atoms with Crippen LogP contribution in [0.15, 0.2) is 35.5 Å². The lowest BCUT2D eigenvalue weighted by Crippen LogP contribution is -2.47. The number of nitrogens with zero attached hydrogens (tertiary/aromatic N) is 4. The Bertz CT molecular complexity index is 1530. The Morgan fingerprint density at radius 3 is 2.52 bits per heavy atom. The minimum absolute atomic E-state index is 0.0589. The van der Waals surface area contributed by atoms with Crippen LogP contribution in [0, 0.1) is 11.6 Å². The predicted molar refractivity (Wildman–Crippen MR) is 152 cm³/mol. The number of isocyanates is 1. The zero-order valence-corrected chi connectivity index (χ0v) is 24.5. The fraction of sp³-hybridized carbons (Fsp3) is 0.562. The highest BCUT2D eigenvalue weighted by Crippen LogP contribution is 2.45. The summed E-state index contributed by atoms with van der Waals surface area (Å²) in [6, 6.07) is 3.39. The van der Waals surface area contributed by atoms with Crippen molar-refractivity contribution in [3.8, 4) is 5.75 Å². The van der Waals surface area contributed by atoms with Crippen LogP contribution in [0.25, 0.3) is 10.9 Å². The molecule has 44 heavy (non-hydrogen) atoms. The molecule has 0 amide bonds. The molecule has 3 atom stereocenters. The summed E-state index contributed by atoms with van der Waals surface area (Å²) in [6.07, 6.45) is 5.27. The number of hydrogen-bond acceptors (Lipinski definition) is 6. The third-order valence-electron chi connectivity index (χ3n) is 9.31. The van der Waals surface area contributed by atoms with Gasteiger partial charge in [0.25, 0.3) is 0 Å². The third kappa shape index (κ3) is 5.99. The maximum absolute atomic E-state index is 15.9. The van der Waals surface area contributed by atoms with Crippen molar-refractivity contribution in [1.82, 2.24) is 14.7 Å². The van der Waals surface area contributed by atoms with Crippen LogP contribution in [0.1, 0.15) is 87.3 Å². The molecular formula is C32H35F5N4O3. The number of aromatic nitrogens is 2. The first-order chi connectivity index (χ1) is 21.1. The second-order valence-corrected chi connectivity index (χ2v) is 12.3. The molecule has 0 bridgehead atoms. The van der Waals surface area contributed by atoms with Gasteiger partial charge >= 0.3 is 6.18 Å². The molecule has 2 aliphatic heterocycles. The first kappa shape index (κ1) is 30.7. The minimum atomic E-state index is -4.60. The maximum Gasteiger partial charge on any atom is 0.401 e. The Morgan fingerprint density at radius 2 is 1.86 bits per heavy atom. The quantitative estimate of drug-likeness (QED) is 0.158. The van der Waals surface area contributed by atoms with Crippen LogP contribution in [0.4, 0.5) is 22.0 Å². The number of benzene rings is 2. The molecular weight excluding hydrogens is 583 g/mol. The molecule has 1 saturated heterocycles. The first-order valence-corrected chi connectivity index (χ1v) is 15.2. The van der Waals surface area contributed by atoms with Gasteiger partial charge in [0, 0.05) is 35.7 Å². The summed E-state index contributed by atoms with van der Waals surface area (Å²) in [7, 11) is 0. The van der Waals surface area contributed by atoms with Crippen molar-refractivity contribution in [2.45, 2.75) is 94.7 Å². The van der Waals surface area contributed by atoms with Crippen molar-refractivity contribution < 1.29 is 36.2 Å². The van der Waals surface area contributed by atoms with Gasteiger partial charge in [0.1, 0.15) is 29.5 Å². The molecule has 1 unspecified atom stereocenters. The maximum atomic E-state index is 15.9. The molecule has 2 aromatic carbocycles. The normalized spacial score (nSPS) is 24.1. The lowest BCUT2D eigenvalue weighted by atomic mass is 9.82. The second-order valence-electron chi connectivity index (χ2n) is 12.3. The largest absolute Gasteiger partial charge is 0.491 e. The summed E-state index contributed by atoms with van der Waals surface area (Å²) >= 11 is 0. The molecule has 1 saturated carbocycles. The van der Waals surface area contributed by atoms with E-state index in [0.717, 1.165) is 66.5 Å². The lowest BCUT2D eigenvalue weighted by Gasteiger charge is -2.43. The molecule has 6 rings (SSSR count). The average molecular weight is 619 g/mol. The smallest absolute Gasteiger partial charge is 0.401 e. The lowest BCUT2D eigenvalue weighted by molar-refractivity contribution is -0.155. The molecule has 12 heteroatoms. The summed E-state index contributed by atoms with van der Waals surface area (Å²) in [4.78, 5) is 16.1. The van der Waals surface area contributed by atoms with Crippen LogP contribution in [-0.2, 0) is 16.0 Å². The predicted octanol–water partition coefficient (Wildman–Crippen LogP) is 7.33. The van der Waals surface area contributed by atoms with Gasteiger partial charge in [-0.05, 0) is 62.6 Å². The summed E-state index contributed by atoms with van der Waals surface area (Å²) in [6.45, 7) is 0.858. The van der Waals surface area contributed by atoms with Crippen molar-refractivity contribution >= 4 is 17.0 Å². The summed E-state index contributed by atoms with van der Waals surface area (Å²) in [5.41, 5.74) is 0.591. The molecule has 3 aliphatic rings. The molecule has 236 valence electrons. The van der Waals surface area contributed by atoms with E-state index in [1.165, 1.54) is 0 Å². The zero-order chi connectivity index (χ0) is 31.1. The van der Waals surface area contributed by atoms with Gasteiger partial charge in [-0.25, -0.2) is 18.3 Å². The number of ether oxygens (including phenoxy) is 2. The van der Waals surface area contributed by atoms with Gasteiger partial charge in [0.05, 0.1) is 24.3 Å². The monoisotopic (exact) mass is 618 g/mol. The van der Waals surface area contributed by atoms with Crippen molar-refractivity contribution in [3.63, 3.8) is 0 Å². The van der Waals surface area contributed by atoms with Crippen molar-refractivity contribution in [2.75, 3.05) is 19.8 Å². The number of aliphatic imine (C=N–C) groups is 1. The van der Waals surface area contributed by atoms with Gasteiger partial charge in [-0.1, -0.05) is 25.3 Å². The van der Waals surface area contributed by atoms with E-state index in [9.17, 15) is 18.0 Å². The van der Waals surface area contributed by atoms with E-state index in [1.54, 1.807) is 36.0 Å². The fourth-order valence-corrected chi connectivity index (χ4v) is 7.16. The Balaban J connectivity index is 1.39. The molecule has 0 radical (unpaired) electrons. The van der Waals surface area contributed by atoms with E-state index in [4.69, 9.17) is 9.47 Å².